The van der Waals surface area contributed by atoms with Gasteiger partial charge in [0.15, 0.2) is 0 Å². The molecule has 0 radical (unpaired) electrons. The predicted octanol–water partition coefficient (Wildman–Crippen LogP) is 3.35. The van der Waals surface area contributed by atoms with E-state index in [4.69, 9.17) is 16.3 Å². The van der Waals surface area contributed by atoms with E-state index >= 15 is 0 Å². The van der Waals surface area contributed by atoms with Crippen LogP contribution >= 0.6 is 11.6 Å². The van der Waals surface area contributed by atoms with Crippen molar-refractivity contribution in [3.8, 4) is 5.75 Å². The van der Waals surface area contributed by atoms with Gasteiger partial charge in [-0.15, -0.1) is 0 Å². The number of hydrogen-bond acceptors (Lipinski definition) is 2. The molecule has 0 aromatic heterocycles. The van der Waals surface area contributed by atoms with Crippen molar-refractivity contribution in [3.05, 3.63) is 28.3 Å². The number of benzene rings is 1. The Morgan fingerprint density at radius 2 is 2.28 bits per heavy atom. The van der Waals surface area contributed by atoms with Gasteiger partial charge in [-0.05, 0) is 62.9 Å². The standard InChI is InChI=1S/C15H20ClNO/c1-15(2)9-11-7-12(16)6-10(14(11)18-15)8-13-4-3-5-17-13/h6-7,13,17H,3-5,8-9H2,1-2H3. The van der Waals surface area contributed by atoms with Crippen molar-refractivity contribution >= 4 is 11.6 Å². The van der Waals surface area contributed by atoms with E-state index in [9.17, 15) is 0 Å². The molecule has 1 saturated heterocycles. The lowest BCUT2D eigenvalue weighted by atomic mass is 9.98. The zero-order valence-electron chi connectivity index (χ0n) is 11.1. The zero-order valence-corrected chi connectivity index (χ0v) is 11.8. The fraction of sp³-hybridized carbons (Fsp3) is 0.600. The van der Waals surface area contributed by atoms with E-state index in [1.165, 1.54) is 24.0 Å². The third-order valence-corrected chi connectivity index (χ3v) is 4.05. The van der Waals surface area contributed by atoms with Gasteiger partial charge in [-0.2, -0.15) is 0 Å². The molecule has 0 aliphatic carbocycles. The molecule has 1 N–H and O–H groups in total. The van der Waals surface area contributed by atoms with Crippen LogP contribution in [0.25, 0.3) is 0 Å². The molecule has 1 fully saturated rings. The first kappa shape index (κ1) is 12.3. The van der Waals surface area contributed by atoms with Crippen LogP contribution in [-0.4, -0.2) is 18.2 Å². The topological polar surface area (TPSA) is 21.3 Å². The van der Waals surface area contributed by atoms with Gasteiger partial charge in [-0.3, -0.25) is 0 Å². The van der Waals surface area contributed by atoms with Gasteiger partial charge in [-0.25, -0.2) is 0 Å². The highest BCUT2D eigenvalue weighted by Gasteiger charge is 2.32. The van der Waals surface area contributed by atoms with Crippen LogP contribution in [0.4, 0.5) is 0 Å². The summed E-state index contributed by atoms with van der Waals surface area (Å²) in [6.07, 6.45) is 4.51. The van der Waals surface area contributed by atoms with Crippen molar-refractivity contribution in [1.82, 2.24) is 5.32 Å². The third-order valence-electron chi connectivity index (χ3n) is 3.83. The summed E-state index contributed by atoms with van der Waals surface area (Å²) >= 11 is 6.23. The molecule has 2 heterocycles. The number of hydrogen-bond donors (Lipinski definition) is 1. The molecule has 1 aromatic rings. The Labute approximate surface area is 114 Å². The van der Waals surface area contributed by atoms with Gasteiger partial charge < -0.3 is 10.1 Å². The Balaban J connectivity index is 1.90. The first-order valence-electron chi connectivity index (χ1n) is 6.77. The Hall–Kier alpha value is -0.730. The minimum atomic E-state index is -0.0924. The third kappa shape index (κ3) is 2.36. The van der Waals surface area contributed by atoms with Gasteiger partial charge in [0, 0.05) is 17.5 Å². The maximum atomic E-state index is 6.23. The van der Waals surface area contributed by atoms with Gasteiger partial charge in [-0.1, -0.05) is 11.6 Å². The number of halogens is 1. The monoisotopic (exact) mass is 265 g/mol. The SMILES string of the molecule is CC1(C)Cc2cc(Cl)cc(CC3CCCN3)c2O1. The molecular weight excluding hydrogens is 246 g/mol. The second-order valence-corrected chi connectivity index (χ2v) is 6.53. The Morgan fingerprint density at radius 3 is 3.00 bits per heavy atom. The van der Waals surface area contributed by atoms with Gasteiger partial charge in [0.25, 0.3) is 0 Å². The van der Waals surface area contributed by atoms with Crippen molar-refractivity contribution in [3.63, 3.8) is 0 Å². The summed E-state index contributed by atoms with van der Waals surface area (Å²) in [7, 11) is 0. The minimum absolute atomic E-state index is 0.0924. The molecule has 0 spiro atoms. The van der Waals surface area contributed by atoms with Gasteiger partial charge in [0.05, 0.1) is 0 Å². The van der Waals surface area contributed by atoms with Crippen molar-refractivity contribution in [1.29, 1.82) is 0 Å². The molecule has 3 heteroatoms. The van der Waals surface area contributed by atoms with Gasteiger partial charge >= 0.3 is 0 Å². The lowest BCUT2D eigenvalue weighted by molar-refractivity contribution is 0.137. The number of nitrogens with one attached hydrogen (secondary N) is 1. The van der Waals surface area contributed by atoms with E-state index in [-0.39, 0.29) is 5.60 Å². The first-order chi connectivity index (χ1) is 8.53. The van der Waals surface area contributed by atoms with Crippen molar-refractivity contribution in [2.75, 3.05) is 6.54 Å². The first-order valence-corrected chi connectivity index (χ1v) is 7.15. The van der Waals surface area contributed by atoms with Crippen LogP contribution in [0.2, 0.25) is 5.02 Å². The van der Waals surface area contributed by atoms with Crippen LogP contribution in [0, 0.1) is 0 Å². The normalized spacial score (nSPS) is 24.9. The van der Waals surface area contributed by atoms with E-state index in [0.29, 0.717) is 6.04 Å². The minimum Gasteiger partial charge on any atom is -0.487 e. The lowest BCUT2D eigenvalue weighted by Gasteiger charge is -2.19. The summed E-state index contributed by atoms with van der Waals surface area (Å²) < 4.78 is 6.10. The molecule has 98 valence electrons. The van der Waals surface area contributed by atoms with Crippen LogP contribution < -0.4 is 10.1 Å². The maximum absolute atomic E-state index is 6.23. The summed E-state index contributed by atoms with van der Waals surface area (Å²) in [5, 5.41) is 4.37. The Bertz CT molecular complexity index is 464. The molecule has 0 amide bonds. The molecule has 1 unspecified atom stereocenters. The molecule has 3 rings (SSSR count). The highest BCUT2D eigenvalue weighted by atomic mass is 35.5. The molecule has 2 nitrogen and oxygen atoms in total. The Kier molecular flexibility index (Phi) is 3.03. The quantitative estimate of drug-likeness (QED) is 0.886. The van der Waals surface area contributed by atoms with Crippen molar-refractivity contribution < 1.29 is 4.74 Å². The number of fused-ring (bicyclic) bond motifs is 1. The lowest BCUT2D eigenvalue weighted by Crippen LogP contribution is -2.26. The van der Waals surface area contributed by atoms with Crippen LogP contribution in [0.15, 0.2) is 12.1 Å². The fourth-order valence-corrected chi connectivity index (χ4v) is 3.36. The van der Waals surface area contributed by atoms with E-state index in [2.05, 4.69) is 31.3 Å². The average Bonchev–Trinajstić information content (AvgIpc) is 2.84. The number of ether oxygens (including phenoxy) is 1. The van der Waals surface area contributed by atoms with Crippen LogP contribution in [0.5, 0.6) is 5.75 Å². The summed E-state index contributed by atoms with van der Waals surface area (Å²) in [6.45, 7) is 5.41. The zero-order chi connectivity index (χ0) is 12.8. The summed E-state index contributed by atoms with van der Waals surface area (Å²) in [4.78, 5) is 0. The molecule has 18 heavy (non-hydrogen) atoms. The molecule has 0 saturated carbocycles. The maximum Gasteiger partial charge on any atom is 0.126 e. The predicted molar refractivity (Wildman–Crippen MR) is 74.6 cm³/mol. The van der Waals surface area contributed by atoms with Gasteiger partial charge in [0.1, 0.15) is 11.4 Å². The van der Waals surface area contributed by atoms with Crippen molar-refractivity contribution in [2.24, 2.45) is 0 Å². The van der Waals surface area contributed by atoms with E-state index < -0.39 is 0 Å². The molecule has 1 atom stereocenters. The van der Waals surface area contributed by atoms with Crippen LogP contribution in [0.3, 0.4) is 0 Å². The van der Waals surface area contributed by atoms with Gasteiger partial charge in [0.2, 0.25) is 0 Å². The van der Waals surface area contributed by atoms with E-state index in [1.54, 1.807) is 0 Å². The molecule has 0 bridgehead atoms. The smallest absolute Gasteiger partial charge is 0.126 e. The van der Waals surface area contributed by atoms with E-state index in [1.807, 2.05) is 0 Å². The summed E-state index contributed by atoms with van der Waals surface area (Å²) in [5.74, 6) is 1.08. The highest BCUT2D eigenvalue weighted by Crippen LogP contribution is 2.40. The van der Waals surface area contributed by atoms with Crippen LogP contribution in [-0.2, 0) is 12.8 Å². The fourth-order valence-electron chi connectivity index (χ4n) is 3.09. The Morgan fingerprint density at radius 1 is 1.44 bits per heavy atom. The second-order valence-electron chi connectivity index (χ2n) is 6.09. The number of rotatable bonds is 2. The summed E-state index contributed by atoms with van der Waals surface area (Å²) in [5.41, 5.74) is 2.44. The molecule has 2 aliphatic heterocycles. The summed E-state index contributed by atoms with van der Waals surface area (Å²) in [6, 6.07) is 4.71. The average molecular weight is 266 g/mol. The van der Waals surface area contributed by atoms with Crippen LogP contribution in [0.1, 0.15) is 37.8 Å². The van der Waals surface area contributed by atoms with E-state index in [0.717, 1.165) is 30.2 Å². The largest absolute Gasteiger partial charge is 0.487 e. The second kappa shape index (κ2) is 4.43. The highest BCUT2D eigenvalue weighted by molar-refractivity contribution is 6.30. The molecular formula is C15H20ClNO. The molecule has 2 aliphatic rings. The van der Waals surface area contributed by atoms with Crippen molar-refractivity contribution in [2.45, 2.75) is 51.2 Å². The molecule has 1 aromatic carbocycles.